The fourth-order valence-electron chi connectivity index (χ4n) is 4.79. The minimum Gasteiger partial charge on any atom is -0.494 e. The normalized spacial score (nSPS) is 17.6. The Hall–Kier alpha value is -4.63. The van der Waals surface area contributed by atoms with E-state index in [-0.39, 0.29) is 25.5 Å². The maximum Gasteiger partial charge on any atom is 0.266 e. The number of benzene rings is 3. The third kappa shape index (κ3) is 8.23. The summed E-state index contributed by atoms with van der Waals surface area (Å²) < 4.78 is 12.3. The van der Waals surface area contributed by atoms with Crippen LogP contribution >= 0.6 is 0 Å². The Morgan fingerprint density at radius 1 is 1.12 bits per heavy atom. The van der Waals surface area contributed by atoms with Crippen LogP contribution in [-0.2, 0) is 16.1 Å². The number of amides is 1. The van der Waals surface area contributed by atoms with Crippen LogP contribution in [0.2, 0.25) is 0 Å². The molecule has 0 bridgehead atoms. The number of nitrogens with one attached hydrogen (secondary N) is 2. The second kappa shape index (κ2) is 16.1. The van der Waals surface area contributed by atoms with Gasteiger partial charge in [0.2, 0.25) is 5.90 Å². The minimum absolute atomic E-state index is 0.0570. The Kier molecular flexibility index (Phi) is 11.7. The van der Waals surface area contributed by atoms with Gasteiger partial charge in [-0.05, 0) is 52.9 Å². The molecule has 0 saturated heterocycles. The molecule has 1 heterocycles. The van der Waals surface area contributed by atoms with Crippen LogP contribution in [0.1, 0.15) is 61.0 Å². The van der Waals surface area contributed by atoms with E-state index in [0.29, 0.717) is 36.8 Å². The molecule has 0 fully saturated rings. The number of aliphatic imine (C=N–C) groups is 1. The number of azide groups is 1. The Balaban J connectivity index is 1.76. The van der Waals surface area contributed by atoms with Gasteiger partial charge in [0.05, 0.1) is 13.2 Å². The molecular weight excluding hydrogens is 544 g/mol. The molecule has 10 heteroatoms. The fraction of sp³-hybridized carbons (Fsp3) is 0.333. The number of aliphatic hydroxyl groups is 1. The van der Waals surface area contributed by atoms with E-state index in [1.54, 1.807) is 0 Å². The molecule has 1 aliphatic rings. The van der Waals surface area contributed by atoms with Crippen LogP contribution in [-0.4, -0.2) is 42.2 Å². The van der Waals surface area contributed by atoms with Crippen molar-refractivity contribution >= 4 is 17.9 Å². The van der Waals surface area contributed by atoms with Crippen molar-refractivity contribution < 1.29 is 19.4 Å². The smallest absolute Gasteiger partial charge is 0.266 e. The fourth-order valence-corrected chi connectivity index (χ4v) is 4.79. The Morgan fingerprint density at radius 2 is 1.88 bits per heavy atom. The first-order chi connectivity index (χ1) is 21.1. The van der Waals surface area contributed by atoms with Crippen LogP contribution in [0.5, 0.6) is 5.75 Å². The number of unbranched alkanes of at least 4 members (excludes halogenated alkanes) is 1. The topological polar surface area (TPSA) is 141 Å². The number of aliphatic hydroxyl groups excluding tert-OH is 1. The monoisotopic (exact) mass is 582 g/mol. The average molecular weight is 583 g/mol. The maximum atomic E-state index is 14.1. The first kappa shape index (κ1) is 31.3. The molecule has 0 radical (unpaired) electrons. The first-order valence-electron chi connectivity index (χ1n) is 14.6. The molecule has 43 heavy (non-hydrogen) atoms. The zero-order chi connectivity index (χ0) is 30.3. The average Bonchev–Trinajstić information content (AvgIpc) is 3.43. The Bertz CT molecular complexity index is 1440. The molecule has 4 rings (SSSR count). The van der Waals surface area contributed by atoms with Gasteiger partial charge in [-0.1, -0.05) is 85.2 Å². The molecule has 1 aliphatic heterocycles. The van der Waals surface area contributed by atoms with E-state index in [1.165, 1.54) is 0 Å². The van der Waals surface area contributed by atoms with Crippen LogP contribution in [0.3, 0.4) is 0 Å². The molecule has 0 aromatic heterocycles. The third-order valence-electron chi connectivity index (χ3n) is 7.07. The molecular formula is C33H38N6O4. The Labute approximate surface area is 252 Å². The van der Waals surface area contributed by atoms with E-state index in [4.69, 9.17) is 25.1 Å². The van der Waals surface area contributed by atoms with Gasteiger partial charge in [0.15, 0.2) is 11.6 Å². The summed E-state index contributed by atoms with van der Waals surface area (Å²) >= 11 is 0. The summed E-state index contributed by atoms with van der Waals surface area (Å²) in [7, 11) is 0. The largest absolute Gasteiger partial charge is 0.494 e. The summed E-state index contributed by atoms with van der Waals surface area (Å²) in [5.74, 6) is 0.646. The minimum atomic E-state index is -1.37. The van der Waals surface area contributed by atoms with Gasteiger partial charge in [-0.2, -0.15) is 0 Å². The van der Waals surface area contributed by atoms with Crippen molar-refractivity contribution in [3.63, 3.8) is 0 Å². The second-order valence-corrected chi connectivity index (χ2v) is 10.1. The zero-order valence-electron chi connectivity index (χ0n) is 24.4. The Morgan fingerprint density at radius 3 is 2.63 bits per heavy atom. The van der Waals surface area contributed by atoms with E-state index in [9.17, 15) is 4.79 Å². The van der Waals surface area contributed by atoms with Gasteiger partial charge in [0.1, 0.15) is 5.75 Å². The van der Waals surface area contributed by atoms with E-state index >= 15 is 0 Å². The second-order valence-electron chi connectivity index (χ2n) is 10.1. The zero-order valence-corrected chi connectivity index (χ0v) is 24.4. The molecule has 2 atom stereocenters. The quantitative estimate of drug-likeness (QED) is 0.0621. The summed E-state index contributed by atoms with van der Waals surface area (Å²) in [5.41, 5.74) is 16.7. The van der Waals surface area contributed by atoms with Crippen molar-refractivity contribution in [1.82, 2.24) is 10.9 Å². The van der Waals surface area contributed by atoms with Crippen molar-refractivity contribution in [2.24, 2.45) is 10.1 Å². The van der Waals surface area contributed by atoms with Crippen molar-refractivity contribution in [1.29, 1.82) is 0 Å². The lowest BCUT2D eigenvalue weighted by atomic mass is 9.82. The molecule has 0 aliphatic carbocycles. The summed E-state index contributed by atoms with van der Waals surface area (Å²) in [6.45, 7) is 3.26. The summed E-state index contributed by atoms with van der Waals surface area (Å²) in [5, 5.41) is 12.8. The SMILES string of the molecule is CCCCNNC(=O)[C@@]1(C/C=C/c2ccccc2)N=C(c2ccc(OCCCO)cc2)O[C@H]1c1ccccc1CN=[N+]=[N-]. The summed E-state index contributed by atoms with van der Waals surface area (Å²) in [6.07, 6.45) is 5.77. The molecule has 0 saturated carbocycles. The number of ether oxygens (including phenoxy) is 2. The lowest BCUT2D eigenvalue weighted by Gasteiger charge is -2.31. The predicted molar refractivity (Wildman–Crippen MR) is 167 cm³/mol. The van der Waals surface area contributed by atoms with Gasteiger partial charge >= 0.3 is 0 Å². The van der Waals surface area contributed by atoms with Crippen molar-refractivity contribution in [3.05, 3.63) is 118 Å². The number of hydrogen-bond donors (Lipinski definition) is 3. The number of nitrogens with zero attached hydrogens (tertiary/aromatic N) is 4. The predicted octanol–water partition coefficient (Wildman–Crippen LogP) is 6.04. The number of carbonyl (C=O) groups excluding carboxylic acids is 1. The van der Waals surface area contributed by atoms with Crippen LogP contribution < -0.4 is 15.6 Å². The van der Waals surface area contributed by atoms with Crippen LogP contribution in [0.15, 0.2) is 95.0 Å². The standard InChI is InChI=1S/C33H38N6O4/c1-2-3-21-35-38-32(41)33(20-9-13-25-11-5-4-6-12-25)30(29-15-8-7-14-27(29)24-36-39-34)43-31(37-33)26-16-18-28(19-17-26)42-23-10-22-40/h4-9,11-19,30,35,40H,2-3,10,20-24H2,1H3,(H,38,41)/b13-9+/t30-,33-/m0/s1. The highest BCUT2D eigenvalue weighted by Crippen LogP contribution is 2.44. The highest BCUT2D eigenvalue weighted by atomic mass is 16.5. The van der Waals surface area contributed by atoms with Crippen LogP contribution in [0.4, 0.5) is 0 Å². The number of hydrogen-bond acceptors (Lipinski definition) is 7. The first-order valence-corrected chi connectivity index (χ1v) is 14.6. The van der Waals surface area contributed by atoms with Crippen LogP contribution in [0.25, 0.3) is 16.5 Å². The van der Waals surface area contributed by atoms with Crippen molar-refractivity contribution in [2.45, 2.75) is 50.8 Å². The van der Waals surface area contributed by atoms with E-state index in [2.05, 4.69) is 27.8 Å². The highest BCUT2D eigenvalue weighted by molar-refractivity contribution is 6.01. The molecule has 3 N–H and O–H groups in total. The van der Waals surface area contributed by atoms with Gasteiger partial charge in [0, 0.05) is 36.5 Å². The third-order valence-corrected chi connectivity index (χ3v) is 7.07. The van der Waals surface area contributed by atoms with Gasteiger partial charge < -0.3 is 14.6 Å². The summed E-state index contributed by atoms with van der Waals surface area (Å²) in [4.78, 5) is 22.1. The van der Waals surface area contributed by atoms with Crippen molar-refractivity contribution in [2.75, 3.05) is 19.8 Å². The van der Waals surface area contributed by atoms with E-state index < -0.39 is 11.6 Å². The maximum absolute atomic E-state index is 14.1. The molecule has 3 aromatic carbocycles. The number of hydrazine groups is 1. The lowest BCUT2D eigenvalue weighted by Crippen LogP contribution is -2.52. The van der Waals surface area contributed by atoms with Gasteiger partial charge in [0.25, 0.3) is 5.91 Å². The van der Waals surface area contributed by atoms with Gasteiger partial charge in [-0.3, -0.25) is 10.2 Å². The molecule has 3 aromatic rings. The number of carbonyl (C=O) groups is 1. The summed E-state index contributed by atoms with van der Waals surface area (Å²) in [6, 6.07) is 24.6. The van der Waals surface area contributed by atoms with Gasteiger partial charge in [-0.15, -0.1) is 0 Å². The number of rotatable bonds is 16. The molecule has 0 unspecified atom stereocenters. The molecule has 10 nitrogen and oxygen atoms in total. The van der Waals surface area contributed by atoms with Crippen molar-refractivity contribution in [3.8, 4) is 5.75 Å². The lowest BCUT2D eigenvalue weighted by molar-refractivity contribution is -0.129. The van der Waals surface area contributed by atoms with Gasteiger partial charge in [-0.25, -0.2) is 10.4 Å². The van der Waals surface area contributed by atoms with Crippen LogP contribution in [0, 0.1) is 0 Å². The molecule has 224 valence electrons. The van der Waals surface area contributed by atoms with E-state index in [0.717, 1.165) is 29.5 Å². The highest BCUT2D eigenvalue weighted by Gasteiger charge is 2.53. The van der Waals surface area contributed by atoms with E-state index in [1.807, 2.05) is 91.0 Å². The molecule has 1 amide bonds. The molecule has 0 spiro atoms.